The Morgan fingerprint density at radius 2 is 1.60 bits per heavy atom. The molecule has 2 aromatic carbocycles. The zero-order valence-electron chi connectivity index (χ0n) is 16.1. The van der Waals surface area contributed by atoms with Crippen LogP contribution in [0.15, 0.2) is 54.6 Å². The molecule has 0 aliphatic carbocycles. The van der Waals surface area contributed by atoms with Crippen LogP contribution >= 0.6 is 0 Å². The van der Waals surface area contributed by atoms with Crippen LogP contribution in [-0.2, 0) is 30.3 Å². The minimum absolute atomic E-state index is 0.117. The topological polar surface area (TPSA) is 78.9 Å². The van der Waals surface area contributed by atoms with Gasteiger partial charge in [-0.05, 0) is 56.0 Å². The molecule has 6 nitrogen and oxygen atoms in total. The van der Waals surface area contributed by atoms with Crippen molar-refractivity contribution >= 4 is 16.1 Å². The SMILES string of the molecule is CCOC(=O)C(CCCc1ccc(Oc2ccccc2)cc1)OS(=O)(=O)C(F)(F)F. The first kappa shape index (κ1) is 23.7. The van der Waals surface area contributed by atoms with E-state index in [9.17, 15) is 26.4 Å². The summed E-state index contributed by atoms with van der Waals surface area (Å²) in [6.07, 6.45) is -1.53. The van der Waals surface area contributed by atoms with E-state index in [-0.39, 0.29) is 19.4 Å². The Bertz CT molecular complexity index is 912. The molecule has 0 amide bonds. The average molecular weight is 446 g/mol. The van der Waals surface area contributed by atoms with E-state index in [0.29, 0.717) is 17.9 Å². The van der Waals surface area contributed by atoms with E-state index in [2.05, 4.69) is 8.92 Å². The van der Waals surface area contributed by atoms with Gasteiger partial charge >= 0.3 is 21.6 Å². The maximum atomic E-state index is 12.5. The van der Waals surface area contributed by atoms with Gasteiger partial charge < -0.3 is 9.47 Å². The highest BCUT2D eigenvalue weighted by Crippen LogP contribution is 2.27. The minimum atomic E-state index is -5.91. The fraction of sp³-hybridized carbons (Fsp3) is 0.350. The number of esters is 1. The molecule has 0 spiro atoms. The number of para-hydroxylation sites is 1. The van der Waals surface area contributed by atoms with Gasteiger partial charge in [0.05, 0.1) is 6.61 Å². The molecule has 0 saturated heterocycles. The normalized spacial score (nSPS) is 12.9. The number of alkyl halides is 3. The molecule has 0 N–H and O–H groups in total. The van der Waals surface area contributed by atoms with Gasteiger partial charge in [0, 0.05) is 0 Å². The van der Waals surface area contributed by atoms with Crippen molar-refractivity contribution in [3.05, 3.63) is 60.2 Å². The van der Waals surface area contributed by atoms with Crippen molar-refractivity contribution in [2.75, 3.05) is 6.61 Å². The number of carbonyl (C=O) groups excluding carboxylic acids is 1. The molecule has 164 valence electrons. The molecule has 0 bridgehead atoms. The van der Waals surface area contributed by atoms with Gasteiger partial charge in [0.1, 0.15) is 11.5 Å². The maximum Gasteiger partial charge on any atom is 0.523 e. The third-order valence-corrected chi connectivity index (χ3v) is 4.96. The van der Waals surface area contributed by atoms with Crippen molar-refractivity contribution in [3.63, 3.8) is 0 Å². The molecule has 2 rings (SSSR count). The quantitative estimate of drug-likeness (QED) is 0.302. The second kappa shape index (κ2) is 10.4. The van der Waals surface area contributed by atoms with Gasteiger partial charge in [0.15, 0.2) is 6.10 Å². The molecule has 1 unspecified atom stereocenters. The van der Waals surface area contributed by atoms with Crippen molar-refractivity contribution in [1.82, 2.24) is 0 Å². The van der Waals surface area contributed by atoms with Gasteiger partial charge in [-0.2, -0.15) is 21.6 Å². The van der Waals surface area contributed by atoms with E-state index >= 15 is 0 Å². The van der Waals surface area contributed by atoms with E-state index in [1.807, 2.05) is 18.2 Å². The van der Waals surface area contributed by atoms with Crippen LogP contribution in [0.25, 0.3) is 0 Å². The molecule has 0 aliphatic rings. The van der Waals surface area contributed by atoms with E-state index in [1.54, 1.807) is 36.4 Å². The third kappa shape index (κ3) is 7.03. The lowest BCUT2D eigenvalue weighted by Crippen LogP contribution is -2.35. The number of hydrogen-bond donors (Lipinski definition) is 0. The number of halogens is 3. The van der Waals surface area contributed by atoms with Crippen LogP contribution in [0.2, 0.25) is 0 Å². The summed E-state index contributed by atoms with van der Waals surface area (Å²) >= 11 is 0. The smallest absolute Gasteiger partial charge is 0.464 e. The van der Waals surface area contributed by atoms with E-state index < -0.39 is 27.7 Å². The predicted octanol–water partition coefficient (Wildman–Crippen LogP) is 4.60. The van der Waals surface area contributed by atoms with Crippen LogP contribution in [0.5, 0.6) is 11.5 Å². The van der Waals surface area contributed by atoms with Gasteiger partial charge in [0.2, 0.25) is 0 Å². The number of benzene rings is 2. The zero-order valence-corrected chi connectivity index (χ0v) is 16.9. The third-order valence-electron chi connectivity index (χ3n) is 3.91. The highest BCUT2D eigenvalue weighted by molar-refractivity contribution is 7.87. The van der Waals surface area contributed by atoms with Crippen LogP contribution in [0.1, 0.15) is 25.3 Å². The predicted molar refractivity (Wildman–Crippen MR) is 102 cm³/mol. The van der Waals surface area contributed by atoms with Crippen molar-refractivity contribution in [2.45, 2.75) is 37.8 Å². The van der Waals surface area contributed by atoms with Crippen LogP contribution in [0.4, 0.5) is 13.2 Å². The first-order valence-corrected chi connectivity index (χ1v) is 10.5. The number of aryl methyl sites for hydroxylation is 1. The summed E-state index contributed by atoms with van der Waals surface area (Å²) in [7, 11) is -5.91. The van der Waals surface area contributed by atoms with Crippen molar-refractivity contribution in [3.8, 4) is 11.5 Å². The molecular weight excluding hydrogens is 425 g/mol. The highest BCUT2D eigenvalue weighted by Gasteiger charge is 2.49. The zero-order chi connectivity index (χ0) is 22.2. The maximum absolute atomic E-state index is 12.5. The Morgan fingerprint density at radius 3 is 2.17 bits per heavy atom. The van der Waals surface area contributed by atoms with Gasteiger partial charge in [-0.1, -0.05) is 30.3 Å². The molecule has 0 saturated carbocycles. The van der Waals surface area contributed by atoms with Gasteiger partial charge in [-0.3, -0.25) is 0 Å². The molecule has 30 heavy (non-hydrogen) atoms. The van der Waals surface area contributed by atoms with E-state index in [1.165, 1.54) is 6.92 Å². The Morgan fingerprint density at radius 1 is 1.00 bits per heavy atom. The Balaban J connectivity index is 1.94. The summed E-state index contributed by atoms with van der Waals surface area (Å²) in [5, 5.41) is 0. The van der Waals surface area contributed by atoms with Crippen LogP contribution in [-0.4, -0.2) is 32.6 Å². The number of carbonyl (C=O) groups is 1. The fourth-order valence-electron chi connectivity index (χ4n) is 2.49. The first-order chi connectivity index (χ1) is 14.1. The Labute approximate surface area is 172 Å². The van der Waals surface area contributed by atoms with E-state index in [4.69, 9.17) is 4.74 Å². The van der Waals surface area contributed by atoms with Crippen molar-refractivity contribution < 1.29 is 40.0 Å². The summed E-state index contributed by atoms with van der Waals surface area (Å²) in [4.78, 5) is 11.8. The molecule has 0 heterocycles. The summed E-state index contributed by atoms with van der Waals surface area (Å²) in [5.74, 6) is 0.122. The van der Waals surface area contributed by atoms with Gasteiger partial charge in [-0.15, -0.1) is 0 Å². The van der Waals surface area contributed by atoms with E-state index in [0.717, 1.165) is 5.56 Å². The highest BCUT2D eigenvalue weighted by atomic mass is 32.2. The van der Waals surface area contributed by atoms with Gasteiger partial charge in [0.25, 0.3) is 0 Å². The molecule has 0 aliphatic heterocycles. The summed E-state index contributed by atoms with van der Waals surface area (Å²) < 4.78 is 74.5. The van der Waals surface area contributed by atoms with Crippen molar-refractivity contribution in [1.29, 1.82) is 0 Å². The standard InChI is InChI=1S/C20H21F3O6S/c1-2-27-19(24)18(29-30(25,26)20(21,22)23)10-6-7-15-11-13-17(14-12-15)28-16-8-4-3-5-9-16/h3-5,8-9,11-14,18H,2,6-7,10H2,1H3. The van der Waals surface area contributed by atoms with Crippen molar-refractivity contribution in [2.24, 2.45) is 0 Å². The number of ether oxygens (including phenoxy) is 2. The molecule has 0 aromatic heterocycles. The summed E-state index contributed by atoms with van der Waals surface area (Å²) in [6.45, 7) is 1.33. The second-order valence-corrected chi connectivity index (χ2v) is 7.75. The molecule has 0 radical (unpaired) electrons. The molecule has 0 fully saturated rings. The Hall–Kier alpha value is -2.59. The molecular formula is C20H21F3O6S. The molecule has 10 heteroatoms. The largest absolute Gasteiger partial charge is 0.523 e. The fourth-order valence-corrected chi connectivity index (χ4v) is 3.08. The summed E-state index contributed by atoms with van der Waals surface area (Å²) in [6, 6.07) is 16.1. The van der Waals surface area contributed by atoms with Crippen LogP contribution in [0, 0.1) is 0 Å². The minimum Gasteiger partial charge on any atom is -0.464 e. The van der Waals surface area contributed by atoms with Crippen LogP contribution < -0.4 is 4.74 Å². The molecule has 1 atom stereocenters. The second-order valence-electron chi connectivity index (χ2n) is 6.19. The lowest BCUT2D eigenvalue weighted by molar-refractivity contribution is -0.152. The lowest BCUT2D eigenvalue weighted by Gasteiger charge is -2.17. The lowest BCUT2D eigenvalue weighted by atomic mass is 10.1. The van der Waals surface area contributed by atoms with Gasteiger partial charge in [-0.25, -0.2) is 8.98 Å². The monoisotopic (exact) mass is 446 g/mol. The number of rotatable bonds is 10. The number of hydrogen-bond acceptors (Lipinski definition) is 6. The summed E-state index contributed by atoms with van der Waals surface area (Å²) in [5.41, 5.74) is -4.79. The first-order valence-electron chi connectivity index (χ1n) is 9.10. The average Bonchev–Trinajstić information content (AvgIpc) is 2.68. The van der Waals surface area contributed by atoms with Crippen LogP contribution in [0.3, 0.4) is 0 Å². The molecule has 2 aromatic rings. The Kier molecular flexibility index (Phi) is 8.24.